The molecule has 2 aliphatic carbocycles. The number of hydrogen-bond acceptors (Lipinski definition) is 5. The molecule has 2 atom stereocenters. The Labute approximate surface area is 140 Å². The molecular formula is C18H19NO5. The number of carbonyl (C=O) groups is 2. The Hall–Kier alpha value is -2.50. The summed E-state index contributed by atoms with van der Waals surface area (Å²) in [6.45, 7) is 2.18. The number of allylic oxidation sites excluding steroid dienone is 2. The van der Waals surface area contributed by atoms with Crippen molar-refractivity contribution < 1.29 is 23.8 Å². The van der Waals surface area contributed by atoms with E-state index in [-0.39, 0.29) is 17.1 Å². The van der Waals surface area contributed by atoms with Crippen LogP contribution < -0.4 is 14.2 Å². The number of amides is 1. The minimum Gasteiger partial charge on any atom is -0.493 e. The van der Waals surface area contributed by atoms with E-state index in [0.29, 0.717) is 35.3 Å². The van der Waals surface area contributed by atoms with Crippen LogP contribution in [0, 0.1) is 5.92 Å². The lowest BCUT2D eigenvalue weighted by Crippen LogP contribution is -2.32. The molecule has 3 aliphatic rings. The summed E-state index contributed by atoms with van der Waals surface area (Å²) in [7, 11) is 4.64. The zero-order valence-electron chi connectivity index (χ0n) is 14.1. The van der Waals surface area contributed by atoms with Crippen LogP contribution in [0.5, 0.6) is 17.2 Å². The van der Waals surface area contributed by atoms with Gasteiger partial charge in [-0.3, -0.25) is 9.59 Å². The lowest BCUT2D eigenvalue weighted by molar-refractivity contribution is -0.126. The Kier molecular flexibility index (Phi) is 2.98. The molecule has 2 fully saturated rings. The molecule has 1 aromatic rings. The van der Waals surface area contributed by atoms with Crippen molar-refractivity contribution in [3.05, 3.63) is 29.0 Å². The van der Waals surface area contributed by atoms with Crippen LogP contribution in [-0.2, 0) is 10.2 Å². The van der Waals surface area contributed by atoms with Crippen molar-refractivity contribution in [2.45, 2.75) is 18.8 Å². The summed E-state index contributed by atoms with van der Waals surface area (Å²) in [5, 5.41) is 0. The normalized spacial score (nSPS) is 26.2. The highest BCUT2D eigenvalue weighted by Crippen LogP contribution is 2.69. The Morgan fingerprint density at radius 2 is 1.92 bits per heavy atom. The topological polar surface area (TPSA) is 65.1 Å². The van der Waals surface area contributed by atoms with Crippen molar-refractivity contribution >= 4 is 11.7 Å². The number of likely N-dealkylation sites (tertiary alicyclic amines) is 1. The molecular weight excluding hydrogens is 310 g/mol. The van der Waals surface area contributed by atoms with Gasteiger partial charge in [0.2, 0.25) is 11.7 Å². The van der Waals surface area contributed by atoms with Crippen LogP contribution >= 0.6 is 0 Å². The maximum Gasteiger partial charge on any atom is 0.223 e. The number of hydrogen-bond donors (Lipinski definition) is 0. The molecule has 6 heteroatoms. The molecule has 2 unspecified atom stereocenters. The lowest BCUT2D eigenvalue weighted by Gasteiger charge is -2.31. The van der Waals surface area contributed by atoms with Gasteiger partial charge in [-0.25, -0.2) is 0 Å². The molecule has 1 spiro atoms. The van der Waals surface area contributed by atoms with Gasteiger partial charge in [-0.1, -0.05) is 0 Å². The number of nitrogens with zero attached hydrogens (tertiary/aromatic N) is 1. The molecule has 24 heavy (non-hydrogen) atoms. The Balaban J connectivity index is 2.00. The molecule has 6 nitrogen and oxygen atoms in total. The van der Waals surface area contributed by atoms with Crippen LogP contribution in [0.4, 0.5) is 0 Å². The predicted octanol–water partition coefficient (Wildman–Crippen LogP) is 1.91. The molecule has 1 aromatic carbocycles. The second kappa shape index (κ2) is 4.75. The van der Waals surface area contributed by atoms with E-state index >= 15 is 0 Å². The standard InChI is InChI=1S/C18H19NO5/c1-9(20)19-8-10-7-18(10)14(19)6-12(21)11-5-13(22-2)16(23-3)17(24-4)15(11)18/h5-6,10H,7-8H2,1-4H3. The zero-order valence-corrected chi connectivity index (χ0v) is 14.1. The summed E-state index contributed by atoms with van der Waals surface area (Å²) in [6.07, 6.45) is 2.51. The number of rotatable bonds is 3. The number of ether oxygens (including phenoxy) is 3. The van der Waals surface area contributed by atoms with E-state index in [4.69, 9.17) is 14.2 Å². The second-order valence-electron chi connectivity index (χ2n) is 6.46. The molecule has 1 amide bonds. The minimum atomic E-state index is -0.320. The second-order valence-corrected chi connectivity index (χ2v) is 6.46. The first kappa shape index (κ1) is 15.1. The molecule has 1 saturated carbocycles. The number of fused-ring (bicyclic) bond motifs is 1. The quantitative estimate of drug-likeness (QED) is 0.847. The zero-order chi connectivity index (χ0) is 17.2. The monoisotopic (exact) mass is 329 g/mol. The van der Waals surface area contributed by atoms with Crippen LogP contribution in [-0.4, -0.2) is 44.5 Å². The van der Waals surface area contributed by atoms with Gasteiger partial charge in [0.1, 0.15) is 0 Å². The van der Waals surface area contributed by atoms with Crippen molar-refractivity contribution in [1.82, 2.24) is 4.90 Å². The Morgan fingerprint density at radius 1 is 1.21 bits per heavy atom. The fraction of sp³-hybridized carbons (Fsp3) is 0.444. The average Bonchev–Trinajstić information content (AvgIpc) is 3.19. The summed E-state index contributed by atoms with van der Waals surface area (Å²) >= 11 is 0. The molecule has 0 radical (unpaired) electrons. The average molecular weight is 329 g/mol. The van der Waals surface area contributed by atoms with Gasteiger partial charge in [0.25, 0.3) is 0 Å². The number of benzene rings is 1. The van der Waals surface area contributed by atoms with Crippen LogP contribution in [0.2, 0.25) is 0 Å². The van der Waals surface area contributed by atoms with Crippen molar-refractivity contribution in [1.29, 1.82) is 0 Å². The fourth-order valence-corrected chi connectivity index (χ4v) is 4.36. The fourth-order valence-electron chi connectivity index (χ4n) is 4.36. The van der Waals surface area contributed by atoms with E-state index in [0.717, 1.165) is 17.7 Å². The van der Waals surface area contributed by atoms with E-state index in [1.54, 1.807) is 31.3 Å². The molecule has 0 bridgehead atoms. The van der Waals surface area contributed by atoms with Gasteiger partial charge >= 0.3 is 0 Å². The Bertz CT molecular complexity index is 812. The van der Waals surface area contributed by atoms with Crippen molar-refractivity contribution in [3.63, 3.8) is 0 Å². The molecule has 126 valence electrons. The predicted molar refractivity (Wildman–Crippen MR) is 85.7 cm³/mol. The number of methoxy groups -OCH3 is 3. The maximum absolute atomic E-state index is 12.7. The lowest BCUT2D eigenvalue weighted by atomic mass is 9.80. The third-order valence-electron chi connectivity index (χ3n) is 5.45. The van der Waals surface area contributed by atoms with E-state index < -0.39 is 0 Å². The summed E-state index contributed by atoms with van der Waals surface area (Å²) < 4.78 is 16.5. The highest BCUT2D eigenvalue weighted by Gasteiger charge is 2.68. The molecule has 1 heterocycles. The molecule has 0 N–H and O–H groups in total. The molecule has 0 aromatic heterocycles. The third kappa shape index (κ3) is 1.60. The van der Waals surface area contributed by atoms with Gasteiger partial charge < -0.3 is 19.1 Å². The van der Waals surface area contributed by atoms with Gasteiger partial charge in [0.15, 0.2) is 17.3 Å². The first-order valence-corrected chi connectivity index (χ1v) is 7.87. The smallest absolute Gasteiger partial charge is 0.223 e. The van der Waals surface area contributed by atoms with Crippen LogP contribution in [0.15, 0.2) is 17.8 Å². The van der Waals surface area contributed by atoms with Crippen LogP contribution in [0.25, 0.3) is 0 Å². The van der Waals surface area contributed by atoms with Gasteiger partial charge in [0, 0.05) is 41.8 Å². The van der Waals surface area contributed by atoms with Crippen molar-refractivity contribution in [3.8, 4) is 17.2 Å². The first-order valence-electron chi connectivity index (χ1n) is 7.87. The van der Waals surface area contributed by atoms with Crippen LogP contribution in [0.3, 0.4) is 0 Å². The minimum absolute atomic E-state index is 0.0384. The van der Waals surface area contributed by atoms with E-state index in [1.165, 1.54) is 14.0 Å². The number of carbonyl (C=O) groups excluding carboxylic acids is 2. The highest BCUT2D eigenvalue weighted by atomic mass is 16.5. The third-order valence-corrected chi connectivity index (χ3v) is 5.45. The van der Waals surface area contributed by atoms with Crippen molar-refractivity contribution in [2.75, 3.05) is 27.9 Å². The highest BCUT2D eigenvalue weighted by molar-refractivity contribution is 6.10. The van der Waals surface area contributed by atoms with Gasteiger partial charge in [-0.2, -0.15) is 0 Å². The van der Waals surface area contributed by atoms with Crippen molar-refractivity contribution in [2.24, 2.45) is 5.92 Å². The Morgan fingerprint density at radius 3 is 2.50 bits per heavy atom. The number of ketones is 1. The molecule has 4 rings (SSSR count). The largest absolute Gasteiger partial charge is 0.493 e. The summed E-state index contributed by atoms with van der Waals surface area (Å²) in [5.41, 5.74) is 1.88. The molecule has 1 saturated heterocycles. The summed E-state index contributed by atoms with van der Waals surface area (Å²) in [6, 6.07) is 1.72. The van der Waals surface area contributed by atoms with Gasteiger partial charge in [-0.15, -0.1) is 0 Å². The molecule has 1 aliphatic heterocycles. The first-order chi connectivity index (χ1) is 11.5. The maximum atomic E-state index is 12.7. The van der Waals surface area contributed by atoms with Gasteiger partial charge in [0.05, 0.1) is 21.3 Å². The van der Waals surface area contributed by atoms with E-state index in [2.05, 4.69) is 0 Å². The number of piperidine rings is 1. The van der Waals surface area contributed by atoms with Gasteiger partial charge in [-0.05, 0) is 18.4 Å². The van der Waals surface area contributed by atoms with Crippen LogP contribution in [0.1, 0.15) is 29.3 Å². The summed E-state index contributed by atoms with van der Waals surface area (Å²) in [5.74, 6) is 1.61. The SMILES string of the molecule is COc1cc2c(c(OC)c1OC)C13CC1CN(C(C)=O)C3=CC2=O. The van der Waals surface area contributed by atoms with E-state index in [1.807, 2.05) is 0 Å². The van der Waals surface area contributed by atoms with E-state index in [9.17, 15) is 9.59 Å². The summed E-state index contributed by atoms with van der Waals surface area (Å²) in [4.78, 5) is 26.4.